The average molecular weight is 407 g/mol. The fourth-order valence-corrected chi connectivity index (χ4v) is 4.58. The lowest BCUT2D eigenvalue weighted by molar-refractivity contribution is 0.147. The van der Waals surface area contributed by atoms with Crippen LogP contribution in [0.25, 0.3) is 0 Å². The highest BCUT2D eigenvalue weighted by atomic mass is 32.2. The van der Waals surface area contributed by atoms with Crippen molar-refractivity contribution in [1.82, 2.24) is 0 Å². The standard InChI is InChI=1S/C22H46O4S/c1-3-5-7-8-11-15-19-22(27(24,25)26)20-16-12-9-10-14-18-21(23)17-13-6-4-2/h21-23H,3-20H2,1-2H3,(H,24,25,26). The van der Waals surface area contributed by atoms with Gasteiger partial charge in [0, 0.05) is 0 Å². The highest BCUT2D eigenvalue weighted by Gasteiger charge is 2.21. The van der Waals surface area contributed by atoms with Gasteiger partial charge in [-0.2, -0.15) is 8.42 Å². The van der Waals surface area contributed by atoms with E-state index < -0.39 is 15.4 Å². The third-order valence-electron chi connectivity index (χ3n) is 5.51. The molecule has 5 heteroatoms. The molecule has 2 atom stereocenters. The van der Waals surface area contributed by atoms with Crippen LogP contribution in [0.5, 0.6) is 0 Å². The maximum Gasteiger partial charge on any atom is 0.267 e. The molecule has 0 aromatic carbocycles. The Bertz CT molecular complexity index is 409. The van der Waals surface area contributed by atoms with E-state index in [1.54, 1.807) is 0 Å². The molecule has 2 unspecified atom stereocenters. The Morgan fingerprint density at radius 2 is 0.926 bits per heavy atom. The van der Waals surface area contributed by atoms with Gasteiger partial charge in [-0.05, 0) is 25.7 Å². The summed E-state index contributed by atoms with van der Waals surface area (Å²) in [6.07, 6.45) is 18.2. The van der Waals surface area contributed by atoms with Crippen LogP contribution in [0.1, 0.15) is 129 Å². The van der Waals surface area contributed by atoms with Gasteiger partial charge in [-0.15, -0.1) is 0 Å². The lowest BCUT2D eigenvalue weighted by atomic mass is 10.0. The molecule has 27 heavy (non-hydrogen) atoms. The zero-order chi connectivity index (χ0) is 20.4. The largest absolute Gasteiger partial charge is 0.393 e. The molecular weight excluding hydrogens is 360 g/mol. The van der Waals surface area contributed by atoms with Gasteiger partial charge in [-0.25, -0.2) is 0 Å². The monoisotopic (exact) mass is 406 g/mol. The molecule has 2 N–H and O–H groups in total. The number of aliphatic hydroxyl groups excluding tert-OH is 1. The van der Waals surface area contributed by atoms with Gasteiger partial charge in [0.1, 0.15) is 0 Å². The van der Waals surface area contributed by atoms with Crippen molar-refractivity contribution >= 4 is 10.1 Å². The van der Waals surface area contributed by atoms with Crippen LogP contribution in [0.3, 0.4) is 0 Å². The molecule has 0 aliphatic rings. The molecule has 0 saturated carbocycles. The highest BCUT2D eigenvalue weighted by molar-refractivity contribution is 7.86. The Morgan fingerprint density at radius 3 is 1.37 bits per heavy atom. The smallest absolute Gasteiger partial charge is 0.267 e. The summed E-state index contributed by atoms with van der Waals surface area (Å²) in [6.45, 7) is 4.36. The lowest BCUT2D eigenvalue weighted by Gasteiger charge is -2.14. The minimum Gasteiger partial charge on any atom is -0.393 e. The molecule has 0 heterocycles. The lowest BCUT2D eigenvalue weighted by Crippen LogP contribution is -2.20. The molecule has 0 aromatic rings. The summed E-state index contributed by atoms with van der Waals surface area (Å²) in [6, 6.07) is 0. The Balaban J connectivity index is 3.73. The second kappa shape index (κ2) is 17.9. The number of unbranched alkanes of at least 4 members (excludes halogenated alkanes) is 11. The van der Waals surface area contributed by atoms with E-state index >= 15 is 0 Å². The Kier molecular flexibility index (Phi) is 17.8. The summed E-state index contributed by atoms with van der Waals surface area (Å²) in [7, 11) is -3.92. The molecule has 0 fully saturated rings. The second-order valence-corrected chi connectivity index (χ2v) is 9.88. The molecule has 0 rings (SSSR count). The minimum atomic E-state index is -3.92. The zero-order valence-corrected chi connectivity index (χ0v) is 18.8. The van der Waals surface area contributed by atoms with Gasteiger partial charge < -0.3 is 5.11 Å². The summed E-state index contributed by atoms with van der Waals surface area (Å²) in [5.41, 5.74) is 0. The van der Waals surface area contributed by atoms with Crippen molar-refractivity contribution in [3.05, 3.63) is 0 Å². The van der Waals surface area contributed by atoms with Crippen LogP contribution in [0.15, 0.2) is 0 Å². The van der Waals surface area contributed by atoms with Gasteiger partial charge in [0.25, 0.3) is 10.1 Å². The van der Waals surface area contributed by atoms with E-state index in [1.165, 1.54) is 32.1 Å². The van der Waals surface area contributed by atoms with Crippen molar-refractivity contribution in [2.75, 3.05) is 0 Å². The van der Waals surface area contributed by atoms with Crippen LogP contribution in [0.2, 0.25) is 0 Å². The van der Waals surface area contributed by atoms with E-state index in [0.717, 1.165) is 70.6 Å². The number of hydrogen-bond donors (Lipinski definition) is 2. The van der Waals surface area contributed by atoms with E-state index in [1.807, 2.05) is 0 Å². The summed E-state index contributed by atoms with van der Waals surface area (Å²) >= 11 is 0. The predicted molar refractivity (Wildman–Crippen MR) is 116 cm³/mol. The Morgan fingerprint density at radius 1 is 0.593 bits per heavy atom. The topological polar surface area (TPSA) is 74.6 Å². The maximum absolute atomic E-state index is 11.6. The molecule has 0 amide bonds. The van der Waals surface area contributed by atoms with E-state index in [9.17, 15) is 18.1 Å². The van der Waals surface area contributed by atoms with Crippen LogP contribution in [0, 0.1) is 0 Å². The molecule has 0 aromatic heterocycles. The first-order chi connectivity index (χ1) is 12.9. The molecule has 0 bridgehead atoms. The fraction of sp³-hybridized carbons (Fsp3) is 1.00. The third-order valence-corrected chi connectivity index (χ3v) is 6.82. The van der Waals surface area contributed by atoms with E-state index in [2.05, 4.69) is 13.8 Å². The van der Waals surface area contributed by atoms with Gasteiger partial charge in [0.05, 0.1) is 11.4 Å². The average Bonchev–Trinajstić information content (AvgIpc) is 2.61. The Labute approximate surface area is 169 Å². The minimum absolute atomic E-state index is 0.155. The van der Waals surface area contributed by atoms with Gasteiger partial charge in [-0.1, -0.05) is 104 Å². The van der Waals surface area contributed by atoms with Gasteiger partial charge in [-0.3, -0.25) is 4.55 Å². The van der Waals surface area contributed by atoms with Crippen LogP contribution in [0.4, 0.5) is 0 Å². The number of hydrogen-bond acceptors (Lipinski definition) is 3. The first-order valence-corrected chi connectivity index (χ1v) is 13.1. The van der Waals surface area contributed by atoms with Crippen LogP contribution < -0.4 is 0 Å². The molecule has 0 saturated heterocycles. The quantitative estimate of drug-likeness (QED) is 0.175. The van der Waals surface area contributed by atoms with E-state index in [4.69, 9.17) is 0 Å². The fourth-order valence-electron chi connectivity index (χ4n) is 3.65. The molecular formula is C22H46O4S. The first-order valence-electron chi connectivity index (χ1n) is 11.6. The molecule has 0 aliphatic carbocycles. The summed E-state index contributed by atoms with van der Waals surface area (Å²) in [4.78, 5) is 0. The molecule has 0 spiro atoms. The van der Waals surface area contributed by atoms with Crippen LogP contribution in [-0.2, 0) is 10.1 Å². The maximum atomic E-state index is 11.6. The van der Waals surface area contributed by atoms with Crippen molar-refractivity contribution in [3.63, 3.8) is 0 Å². The van der Waals surface area contributed by atoms with Gasteiger partial charge in [0.15, 0.2) is 0 Å². The van der Waals surface area contributed by atoms with Crippen LogP contribution in [-0.4, -0.2) is 29.4 Å². The second-order valence-electron chi connectivity index (χ2n) is 8.19. The molecule has 164 valence electrons. The van der Waals surface area contributed by atoms with Crippen molar-refractivity contribution in [2.24, 2.45) is 0 Å². The van der Waals surface area contributed by atoms with Gasteiger partial charge in [0.2, 0.25) is 0 Å². The molecule has 0 radical (unpaired) electrons. The first kappa shape index (κ1) is 26.9. The SMILES string of the molecule is CCCCCCCCC(CCCCCCCC(O)CCCCC)S(=O)(=O)O. The molecule has 0 aliphatic heterocycles. The number of rotatable bonds is 20. The summed E-state index contributed by atoms with van der Waals surface area (Å²) < 4.78 is 32.6. The highest BCUT2D eigenvalue weighted by Crippen LogP contribution is 2.19. The van der Waals surface area contributed by atoms with E-state index in [-0.39, 0.29) is 6.10 Å². The van der Waals surface area contributed by atoms with Crippen molar-refractivity contribution < 1.29 is 18.1 Å². The van der Waals surface area contributed by atoms with Crippen molar-refractivity contribution in [3.8, 4) is 0 Å². The summed E-state index contributed by atoms with van der Waals surface area (Å²) in [5, 5.41) is 9.32. The van der Waals surface area contributed by atoms with Crippen molar-refractivity contribution in [2.45, 2.75) is 141 Å². The van der Waals surface area contributed by atoms with Crippen molar-refractivity contribution in [1.29, 1.82) is 0 Å². The zero-order valence-electron chi connectivity index (χ0n) is 18.0. The van der Waals surface area contributed by atoms with Crippen LogP contribution >= 0.6 is 0 Å². The van der Waals surface area contributed by atoms with Gasteiger partial charge >= 0.3 is 0 Å². The molecule has 4 nitrogen and oxygen atoms in total. The Hall–Kier alpha value is -0.130. The number of aliphatic hydroxyl groups is 1. The predicted octanol–water partition coefficient (Wildman–Crippen LogP) is 6.67. The normalized spacial score (nSPS) is 14.4. The third kappa shape index (κ3) is 17.7. The van der Waals surface area contributed by atoms with E-state index in [0.29, 0.717) is 12.8 Å². The summed E-state index contributed by atoms with van der Waals surface area (Å²) in [5.74, 6) is 0.